The molecule has 0 spiro atoms. The number of hydrogen-bond acceptors (Lipinski definition) is 5. The first-order chi connectivity index (χ1) is 12.2. The molecule has 1 aromatic carbocycles. The second kappa shape index (κ2) is 6.14. The number of nitrogens with one attached hydrogen (secondary N) is 1. The fraction of sp³-hybridized carbons (Fsp3) is 0.125. The van der Waals surface area contributed by atoms with Crippen LogP contribution in [-0.4, -0.2) is 26.5 Å². The lowest BCUT2D eigenvalue weighted by molar-refractivity contribution is -0.249. The van der Waals surface area contributed by atoms with Crippen molar-refractivity contribution in [3.05, 3.63) is 53.3 Å². The third-order valence-electron chi connectivity index (χ3n) is 3.60. The first-order valence-corrected chi connectivity index (χ1v) is 7.22. The van der Waals surface area contributed by atoms with Gasteiger partial charge in [0.05, 0.1) is 11.0 Å². The number of carbonyl (C=O) groups is 2. The zero-order valence-electron chi connectivity index (χ0n) is 13.2. The van der Waals surface area contributed by atoms with E-state index in [-0.39, 0.29) is 22.5 Å². The zero-order chi connectivity index (χ0) is 19.1. The largest absolute Gasteiger partial charge is 0.529 e. The quantitative estimate of drug-likeness (QED) is 0.752. The number of nitrogens with zero attached hydrogens (tertiary/aromatic N) is 3. The molecule has 0 atom stereocenters. The lowest BCUT2D eigenvalue weighted by Gasteiger charge is -2.12. The maximum Gasteiger partial charge on any atom is 0.433 e. The fourth-order valence-electron chi connectivity index (χ4n) is 2.46. The van der Waals surface area contributed by atoms with Gasteiger partial charge in [-0.1, -0.05) is 12.1 Å². The molecule has 1 N–H and O–H groups in total. The van der Waals surface area contributed by atoms with Gasteiger partial charge in [-0.3, -0.25) is 19.7 Å². The summed E-state index contributed by atoms with van der Waals surface area (Å²) in [5.41, 5.74) is -0.512. The van der Waals surface area contributed by atoms with E-state index >= 15 is 0 Å². The van der Waals surface area contributed by atoms with Crippen LogP contribution in [0.3, 0.4) is 0 Å². The van der Waals surface area contributed by atoms with Crippen molar-refractivity contribution in [3.8, 4) is 0 Å². The molecule has 3 rings (SSSR count). The lowest BCUT2D eigenvalue weighted by atomic mass is 10.2. The van der Waals surface area contributed by atoms with Crippen molar-refractivity contribution < 1.29 is 27.9 Å². The van der Waals surface area contributed by atoms with E-state index in [0.717, 1.165) is 12.3 Å². The highest BCUT2D eigenvalue weighted by Crippen LogP contribution is 2.28. The van der Waals surface area contributed by atoms with Gasteiger partial charge in [-0.2, -0.15) is 13.2 Å². The van der Waals surface area contributed by atoms with E-state index in [9.17, 15) is 27.9 Å². The van der Waals surface area contributed by atoms with Gasteiger partial charge in [0.15, 0.2) is 0 Å². The number of amides is 1. The van der Waals surface area contributed by atoms with Crippen LogP contribution in [0.25, 0.3) is 11.0 Å². The number of para-hydroxylation sites is 1. The molecule has 0 radical (unpaired) electrons. The van der Waals surface area contributed by atoms with Gasteiger partial charge in [-0.05, 0) is 30.7 Å². The maximum atomic E-state index is 12.7. The summed E-state index contributed by atoms with van der Waals surface area (Å²) in [6, 6.07) is 6.46. The van der Waals surface area contributed by atoms with Gasteiger partial charge in [0, 0.05) is 11.8 Å². The maximum absolute atomic E-state index is 12.7. The van der Waals surface area contributed by atoms with Crippen molar-refractivity contribution in [2.24, 2.45) is 0 Å². The molecule has 10 heteroatoms. The van der Waals surface area contributed by atoms with Crippen molar-refractivity contribution in [1.29, 1.82) is 0 Å². The second-order valence-electron chi connectivity index (χ2n) is 5.36. The molecule has 0 aliphatic carbocycles. The number of carboxylic acid groups (broad SMARTS) is 1. The Morgan fingerprint density at radius 2 is 1.96 bits per heavy atom. The van der Waals surface area contributed by atoms with Crippen molar-refractivity contribution in [1.82, 2.24) is 14.5 Å². The predicted molar refractivity (Wildman–Crippen MR) is 82.5 cm³/mol. The smallest absolute Gasteiger partial charge is 0.433 e. The van der Waals surface area contributed by atoms with E-state index in [0.29, 0.717) is 16.2 Å². The van der Waals surface area contributed by atoms with Crippen LogP contribution in [0.2, 0.25) is 0 Å². The summed E-state index contributed by atoms with van der Waals surface area (Å²) in [5, 5.41) is 13.7. The van der Waals surface area contributed by atoms with Crippen molar-refractivity contribution in [2.75, 3.05) is 5.32 Å². The van der Waals surface area contributed by atoms with Gasteiger partial charge in [0.2, 0.25) is 5.95 Å². The minimum absolute atomic E-state index is 0.216. The molecule has 2 heterocycles. The number of hydrogen-bond donors (Lipinski definition) is 1. The fourth-order valence-corrected chi connectivity index (χ4v) is 2.46. The van der Waals surface area contributed by atoms with Gasteiger partial charge < -0.3 is 9.90 Å². The number of aromatic nitrogens is 3. The number of anilines is 1. The van der Waals surface area contributed by atoms with Crippen LogP contribution in [0, 0.1) is 6.92 Å². The third-order valence-corrected chi connectivity index (χ3v) is 3.60. The standard InChI is InChI=1S/C16H11F3N4O3/c1-8-3-2-4-10-12(8)23(15(25)26)14(21-10)22-13(24)9-5-6-20-11(7-9)16(17,18)19/h2-7H,1H3,(H,25,26)(H,21,22,24)/p-1. The number of fused-ring (bicyclic) bond motifs is 1. The van der Waals surface area contributed by atoms with Crippen molar-refractivity contribution in [2.45, 2.75) is 13.1 Å². The molecule has 134 valence electrons. The molecule has 0 bridgehead atoms. The van der Waals surface area contributed by atoms with E-state index < -0.39 is 23.9 Å². The Balaban J connectivity index is 2.02. The summed E-state index contributed by atoms with van der Waals surface area (Å²) in [4.78, 5) is 30.9. The average molecular weight is 363 g/mol. The number of aryl methyl sites for hydroxylation is 1. The molecule has 2 aromatic heterocycles. The Morgan fingerprint density at radius 1 is 1.23 bits per heavy atom. The highest BCUT2D eigenvalue weighted by molar-refractivity contribution is 6.05. The molecule has 0 fully saturated rings. The topological polar surface area (TPSA) is 99.9 Å². The lowest BCUT2D eigenvalue weighted by Crippen LogP contribution is -2.31. The third kappa shape index (κ3) is 3.08. The van der Waals surface area contributed by atoms with Crippen LogP contribution in [0.4, 0.5) is 23.9 Å². The van der Waals surface area contributed by atoms with Crippen molar-refractivity contribution >= 4 is 29.0 Å². The Bertz CT molecular complexity index is 1030. The molecule has 0 aliphatic rings. The molecule has 1 amide bonds. The van der Waals surface area contributed by atoms with Gasteiger partial charge in [-0.15, -0.1) is 0 Å². The number of halogens is 3. The van der Waals surface area contributed by atoms with Gasteiger partial charge >= 0.3 is 6.18 Å². The van der Waals surface area contributed by atoms with E-state index in [2.05, 4.69) is 15.3 Å². The highest BCUT2D eigenvalue weighted by atomic mass is 19.4. The number of rotatable bonds is 2. The second-order valence-corrected chi connectivity index (χ2v) is 5.36. The summed E-state index contributed by atoms with van der Waals surface area (Å²) in [5.74, 6) is -1.34. The Hall–Kier alpha value is -3.43. The van der Waals surface area contributed by atoms with Crippen LogP contribution in [0.15, 0.2) is 36.5 Å². The highest BCUT2D eigenvalue weighted by Gasteiger charge is 2.33. The molecule has 7 nitrogen and oxygen atoms in total. The van der Waals surface area contributed by atoms with E-state index in [1.807, 2.05) is 0 Å². The number of pyridine rings is 1. The van der Waals surface area contributed by atoms with E-state index in [4.69, 9.17) is 0 Å². The number of alkyl halides is 3. The molecule has 26 heavy (non-hydrogen) atoms. The molecule has 0 saturated heterocycles. The first kappa shape index (κ1) is 17.4. The molecular weight excluding hydrogens is 353 g/mol. The summed E-state index contributed by atoms with van der Waals surface area (Å²) in [6.45, 7) is 1.65. The minimum atomic E-state index is -4.72. The van der Waals surface area contributed by atoms with Gasteiger partial charge in [-0.25, -0.2) is 4.98 Å². The summed E-state index contributed by atoms with van der Waals surface area (Å²) >= 11 is 0. The van der Waals surface area contributed by atoms with E-state index in [1.165, 1.54) is 6.07 Å². The average Bonchev–Trinajstić information content (AvgIpc) is 2.93. The molecule has 0 unspecified atom stereocenters. The minimum Gasteiger partial charge on any atom is -0.529 e. The van der Waals surface area contributed by atoms with Crippen LogP contribution < -0.4 is 10.4 Å². The Morgan fingerprint density at radius 3 is 2.62 bits per heavy atom. The Labute approximate surface area is 144 Å². The van der Waals surface area contributed by atoms with Crippen LogP contribution >= 0.6 is 0 Å². The van der Waals surface area contributed by atoms with Crippen LogP contribution in [0.5, 0.6) is 0 Å². The Kier molecular flexibility index (Phi) is 4.10. The monoisotopic (exact) mass is 363 g/mol. The predicted octanol–water partition coefficient (Wildman–Crippen LogP) is 2.20. The molecule has 3 aromatic rings. The van der Waals surface area contributed by atoms with Crippen LogP contribution in [-0.2, 0) is 6.18 Å². The normalized spacial score (nSPS) is 11.5. The zero-order valence-corrected chi connectivity index (χ0v) is 13.2. The summed E-state index contributed by atoms with van der Waals surface area (Å²) in [7, 11) is 0. The van der Waals surface area contributed by atoms with E-state index in [1.54, 1.807) is 19.1 Å². The summed E-state index contributed by atoms with van der Waals surface area (Å²) < 4.78 is 38.8. The SMILES string of the molecule is Cc1cccc2nc(NC(=O)c3ccnc(C(F)(F)F)c3)n(C(=O)[O-])c12. The molecular formula is C16H10F3N4O3-. The number of benzene rings is 1. The van der Waals surface area contributed by atoms with Crippen LogP contribution in [0.1, 0.15) is 21.6 Å². The number of imidazole rings is 1. The van der Waals surface area contributed by atoms with Crippen molar-refractivity contribution in [3.63, 3.8) is 0 Å². The number of carbonyl (C=O) groups excluding carboxylic acids is 2. The molecule has 0 saturated carbocycles. The van der Waals surface area contributed by atoms with Gasteiger partial charge in [0.25, 0.3) is 5.91 Å². The van der Waals surface area contributed by atoms with Gasteiger partial charge in [0.1, 0.15) is 11.8 Å². The first-order valence-electron chi connectivity index (χ1n) is 7.22. The molecule has 0 aliphatic heterocycles. The summed E-state index contributed by atoms with van der Waals surface area (Å²) in [6.07, 6.45) is -5.52.